The summed E-state index contributed by atoms with van der Waals surface area (Å²) in [5, 5.41) is 11.8. The van der Waals surface area contributed by atoms with E-state index >= 15 is 0 Å². The SMILES string of the molecule is COC(=O)[C@]12CCC(C)(C)CC1C1=CC(O)C3C(CCC4C(C)(C)C=CC[C@]34C)[C@]1(C)CC2. The molecule has 0 amide bonds. The number of fused-ring (bicyclic) bond motifs is 7. The third-order valence-electron chi connectivity index (χ3n) is 11.7. The van der Waals surface area contributed by atoms with Gasteiger partial charge in [0.1, 0.15) is 0 Å². The molecule has 3 heteroatoms. The van der Waals surface area contributed by atoms with Gasteiger partial charge in [0, 0.05) is 0 Å². The molecule has 3 nitrogen and oxygen atoms in total. The van der Waals surface area contributed by atoms with Crippen LogP contribution in [0.3, 0.4) is 0 Å². The van der Waals surface area contributed by atoms with Crippen molar-refractivity contribution in [2.24, 2.45) is 50.7 Å². The van der Waals surface area contributed by atoms with Crippen LogP contribution in [0.1, 0.15) is 92.9 Å². The second-order valence-electron chi connectivity index (χ2n) is 14.3. The largest absolute Gasteiger partial charge is 0.469 e. The molecule has 5 rings (SSSR count). The quantitative estimate of drug-likeness (QED) is 0.354. The van der Waals surface area contributed by atoms with Gasteiger partial charge in [-0.1, -0.05) is 65.3 Å². The molecule has 0 bridgehead atoms. The molecular formula is C30H46O3. The summed E-state index contributed by atoms with van der Waals surface area (Å²) < 4.78 is 5.44. The van der Waals surface area contributed by atoms with E-state index in [2.05, 4.69) is 59.8 Å². The first-order valence-corrected chi connectivity index (χ1v) is 13.5. The zero-order valence-electron chi connectivity index (χ0n) is 22.0. The molecule has 0 aromatic carbocycles. The van der Waals surface area contributed by atoms with Crippen molar-refractivity contribution in [3.63, 3.8) is 0 Å². The van der Waals surface area contributed by atoms with E-state index in [0.717, 1.165) is 38.5 Å². The number of aliphatic hydroxyl groups is 1. The summed E-state index contributed by atoms with van der Waals surface area (Å²) in [7, 11) is 1.56. The molecule has 5 aliphatic rings. The van der Waals surface area contributed by atoms with Crippen molar-refractivity contribution in [1.29, 1.82) is 0 Å². The normalized spacial score (nSPS) is 49.6. The Bertz CT molecular complexity index is 896. The van der Waals surface area contributed by atoms with Gasteiger partial charge in [0.05, 0.1) is 18.6 Å². The second-order valence-corrected chi connectivity index (χ2v) is 14.3. The van der Waals surface area contributed by atoms with Crippen LogP contribution >= 0.6 is 0 Å². The minimum atomic E-state index is -0.424. The Morgan fingerprint density at radius 1 is 1.03 bits per heavy atom. The first kappa shape index (κ1) is 23.6. The van der Waals surface area contributed by atoms with E-state index in [9.17, 15) is 9.90 Å². The lowest BCUT2D eigenvalue weighted by atomic mass is 9.38. The summed E-state index contributed by atoms with van der Waals surface area (Å²) in [6.45, 7) is 14.4. The molecule has 5 aliphatic carbocycles. The van der Waals surface area contributed by atoms with E-state index in [1.54, 1.807) is 7.11 Å². The van der Waals surface area contributed by atoms with Gasteiger partial charge >= 0.3 is 5.97 Å². The molecular weight excluding hydrogens is 408 g/mol. The number of allylic oxidation sites excluding steroid dienone is 3. The van der Waals surface area contributed by atoms with E-state index < -0.39 is 11.5 Å². The van der Waals surface area contributed by atoms with Crippen LogP contribution in [0.25, 0.3) is 0 Å². The molecule has 8 atom stereocenters. The predicted octanol–water partition coefficient (Wildman–Crippen LogP) is 6.71. The molecule has 184 valence electrons. The molecule has 0 heterocycles. The summed E-state index contributed by atoms with van der Waals surface area (Å²) in [6, 6.07) is 0. The van der Waals surface area contributed by atoms with Crippen LogP contribution in [0.2, 0.25) is 0 Å². The van der Waals surface area contributed by atoms with Gasteiger partial charge in [-0.25, -0.2) is 0 Å². The van der Waals surface area contributed by atoms with Gasteiger partial charge < -0.3 is 9.84 Å². The van der Waals surface area contributed by atoms with Crippen LogP contribution in [-0.2, 0) is 9.53 Å². The van der Waals surface area contributed by atoms with E-state index in [4.69, 9.17) is 4.74 Å². The summed E-state index contributed by atoms with van der Waals surface area (Å²) in [4.78, 5) is 13.3. The van der Waals surface area contributed by atoms with Gasteiger partial charge in [-0.2, -0.15) is 0 Å². The molecule has 0 radical (unpaired) electrons. The second kappa shape index (κ2) is 7.21. The average Bonchev–Trinajstić information content (AvgIpc) is 2.73. The van der Waals surface area contributed by atoms with Crippen LogP contribution in [-0.4, -0.2) is 24.3 Å². The van der Waals surface area contributed by atoms with Crippen molar-refractivity contribution < 1.29 is 14.6 Å². The molecule has 5 unspecified atom stereocenters. The highest BCUT2D eigenvalue weighted by molar-refractivity contribution is 5.78. The number of aliphatic hydroxyl groups excluding tert-OH is 1. The highest BCUT2D eigenvalue weighted by Gasteiger charge is 2.66. The maximum atomic E-state index is 13.3. The number of carbonyl (C=O) groups excluding carboxylic acids is 1. The van der Waals surface area contributed by atoms with Gasteiger partial charge in [0.15, 0.2) is 0 Å². The van der Waals surface area contributed by atoms with Crippen LogP contribution in [0.15, 0.2) is 23.8 Å². The minimum Gasteiger partial charge on any atom is -0.469 e. The smallest absolute Gasteiger partial charge is 0.312 e. The number of ether oxygens (including phenoxy) is 1. The highest BCUT2D eigenvalue weighted by atomic mass is 16.5. The Morgan fingerprint density at radius 3 is 2.42 bits per heavy atom. The monoisotopic (exact) mass is 454 g/mol. The Balaban J connectivity index is 1.61. The van der Waals surface area contributed by atoms with Gasteiger partial charge in [-0.3, -0.25) is 4.79 Å². The van der Waals surface area contributed by atoms with E-state index in [1.165, 1.54) is 18.4 Å². The molecule has 3 fully saturated rings. The third kappa shape index (κ3) is 3.13. The van der Waals surface area contributed by atoms with Crippen LogP contribution in [0.4, 0.5) is 0 Å². The van der Waals surface area contributed by atoms with Crippen molar-refractivity contribution in [3.8, 4) is 0 Å². The van der Waals surface area contributed by atoms with Crippen molar-refractivity contribution in [2.75, 3.05) is 7.11 Å². The fourth-order valence-corrected chi connectivity index (χ4v) is 9.98. The van der Waals surface area contributed by atoms with Gasteiger partial charge in [-0.15, -0.1) is 0 Å². The number of rotatable bonds is 1. The molecule has 1 N–H and O–H groups in total. The topological polar surface area (TPSA) is 46.5 Å². The lowest BCUT2D eigenvalue weighted by Gasteiger charge is -2.66. The number of methoxy groups -OCH3 is 1. The maximum Gasteiger partial charge on any atom is 0.312 e. The van der Waals surface area contributed by atoms with Crippen molar-refractivity contribution in [1.82, 2.24) is 0 Å². The lowest BCUT2D eigenvalue weighted by molar-refractivity contribution is -0.172. The lowest BCUT2D eigenvalue weighted by Crippen LogP contribution is -2.62. The van der Waals surface area contributed by atoms with Crippen molar-refractivity contribution >= 4 is 5.97 Å². The molecule has 0 aliphatic heterocycles. The number of carbonyl (C=O) groups is 1. The first-order valence-electron chi connectivity index (χ1n) is 13.5. The average molecular weight is 455 g/mol. The Kier molecular flexibility index (Phi) is 5.17. The first-order chi connectivity index (χ1) is 15.3. The fourth-order valence-electron chi connectivity index (χ4n) is 9.98. The van der Waals surface area contributed by atoms with Gasteiger partial charge in [0.2, 0.25) is 0 Å². The van der Waals surface area contributed by atoms with Gasteiger partial charge in [-0.05, 0) is 96.7 Å². The van der Waals surface area contributed by atoms with Crippen LogP contribution in [0.5, 0.6) is 0 Å². The van der Waals surface area contributed by atoms with Gasteiger partial charge in [0.25, 0.3) is 0 Å². The fraction of sp³-hybridized carbons (Fsp3) is 0.833. The zero-order chi connectivity index (χ0) is 24.0. The van der Waals surface area contributed by atoms with E-state index in [0.29, 0.717) is 11.8 Å². The molecule has 0 aromatic heterocycles. The van der Waals surface area contributed by atoms with E-state index in [1.807, 2.05) is 0 Å². The number of hydrogen-bond donors (Lipinski definition) is 1. The zero-order valence-corrected chi connectivity index (χ0v) is 22.0. The van der Waals surface area contributed by atoms with Crippen LogP contribution < -0.4 is 0 Å². The van der Waals surface area contributed by atoms with Crippen molar-refractivity contribution in [3.05, 3.63) is 23.8 Å². The molecule has 33 heavy (non-hydrogen) atoms. The minimum absolute atomic E-state index is 0.0163. The Morgan fingerprint density at radius 2 is 1.73 bits per heavy atom. The van der Waals surface area contributed by atoms with Crippen molar-refractivity contribution in [2.45, 2.75) is 99.0 Å². The summed E-state index contributed by atoms with van der Waals surface area (Å²) in [5.74, 6) is 1.55. The summed E-state index contributed by atoms with van der Waals surface area (Å²) >= 11 is 0. The summed E-state index contributed by atoms with van der Waals surface area (Å²) in [6.07, 6.45) is 15.1. The summed E-state index contributed by atoms with van der Waals surface area (Å²) in [5.41, 5.74) is 1.58. The third-order valence-corrected chi connectivity index (χ3v) is 11.7. The number of hydrogen-bond acceptors (Lipinski definition) is 3. The maximum absolute atomic E-state index is 13.3. The van der Waals surface area contributed by atoms with E-state index in [-0.39, 0.29) is 39.5 Å². The predicted molar refractivity (Wildman–Crippen MR) is 132 cm³/mol. The molecule has 3 saturated carbocycles. The van der Waals surface area contributed by atoms with Crippen LogP contribution in [0, 0.1) is 50.7 Å². The standard InChI is InChI=1S/C30H46O3/c1-26(2)13-15-30(25(32)33-7)16-14-28(5)19-9-10-23-27(3,4)11-8-12-29(23,6)24(19)22(31)17-20(28)21(30)18-26/h8,11,17,19,21-24,31H,9-10,12-16,18H2,1-7H3/t19?,21?,22?,23?,24?,28-,29-,30-/m0/s1. The highest BCUT2D eigenvalue weighted by Crippen LogP contribution is 2.71. The number of esters is 1. The molecule has 0 spiro atoms. The Hall–Kier alpha value is -1.09. The molecule has 0 aromatic rings. The molecule has 0 saturated heterocycles. The Labute approximate surface area is 201 Å².